The number of carbonyl (C=O) groups is 1. The minimum Gasteiger partial charge on any atom is -0.765 e. The van der Waals surface area contributed by atoms with E-state index >= 15 is 0 Å². The minimum absolute atomic E-state index is 0. The van der Waals surface area contributed by atoms with Gasteiger partial charge < -0.3 is 9.42 Å². The average Bonchev–Trinajstić information content (AvgIpc) is 2.86. The van der Waals surface area contributed by atoms with Gasteiger partial charge in [-0.15, -0.1) is 0 Å². The predicted molar refractivity (Wildman–Crippen MR) is 134 cm³/mol. The molecule has 2 atom stereocenters. The molecule has 0 aliphatic carbocycles. The topological polar surface area (TPSA) is 66.4 Å². The molecule has 4 nitrogen and oxygen atoms in total. The molecule has 0 radical (unpaired) electrons. The Morgan fingerprint density at radius 3 is 1.86 bits per heavy atom. The molecule has 0 amide bonds. The van der Waals surface area contributed by atoms with Gasteiger partial charge in [0, 0.05) is 21.8 Å². The molecule has 4 rings (SSSR count). The molecule has 0 saturated heterocycles. The van der Waals surface area contributed by atoms with Crippen LogP contribution in [0.1, 0.15) is 21.5 Å². The van der Waals surface area contributed by atoms with E-state index in [1.807, 2.05) is 54.6 Å². The number of hydrogen-bond donors (Lipinski definition) is 0. The van der Waals surface area contributed by atoms with Crippen molar-refractivity contribution in [1.29, 1.82) is 0 Å². The maximum Gasteiger partial charge on any atom is 1.00 e. The summed E-state index contributed by atoms with van der Waals surface area (Å²) in [6, 6.07) is 31.6. The summed E-state index contributed by atoms with van der Waals surface area (Å²) in [6.07, 6.45) is 1.15. The van der Waals surface area contributed by atoms with E-state index in [0.717, 1.165) is 11.1 Å². The number of rotatable bonds is 9. The second-order valence-corrected chi connectivity index (χ2v) is 10.2. The Bertz CT molecular complexity index is 1280. The smallest absolute Gasteiger partial charge is 0.765 e. The van der Waals surface area contributed by atoms with Crippen LogP contribution in [0.15, 0.2) is 109 Å². The van der Waals surface area contributed by atoms with Gasteiger partial charge >= 0.3 is 29.6 Å². The molecule has 0 fully saturated rings. The first-order valence-electron chi connectivity index (χ1n) is 10.9. The largest absolute Gasteiger partial charge is 1.00 e. The summed E-state index contributed by atoms with van der Waals surface area (Å²) in [5.74, 6) is -0.139. The Hall–Kier alpha value is -2.17. The summed E-state index contributed by atoms with van der Waals surface area (Å²) in [7, 11) is -4.27. The van der Waals surface area contributed by atoms with E-state index in [9.17, 15) is 14.3 Å². The molecule has 7 heteroatoms. The van der Waals surface area contributed by atoms with Crippen LogP contribution in [0.5, 0.6) is 5.75 Å². The number of ketones is 1. The quantitative estimate of drug-likeness (QED) is 0.196. The summed E-state index contributed by atoms with van der Waals surface area (Å²) in [4.78, 5) is 25.9. The van der Waals surface area contributed by atoms with Gasteiger partial charge in [0.1, 0.15) is 5.75 Å². The van der Waals surface area contributed by atoms with Crippen LogP contribution in [-0.2, 0) is 17.4 Å². The number of carbonyl (C=O) groups excluding carboxylic acids is 1. The van der Waals surface area contributed by atoms with Crippen molar-refractivity contribution in [2.75, 3.05) is 0 Å². The predicted octanol–water partition coefficient (Wildman–Crippen LogP) is 2.89. The molecule has 0 aliphatic rings. The zero-order valence-corrected chi connectivity index (χ0v) is 23.0. The first-order chi connectivity index (χ1) is 16.4. The van der Waals surface area contributed by atoms with E-state index in [2.05, 4.69) is 0 Å². The van der Waals surface area contributed by atoms with E-state index < -0.39 is 7.60 Å². The normalized spacial score (nSPS) is 13.2. The van der Waals surface area contributed by atoms with Gasteiger partial charge in [-0.2, -0.15) is 0 Å². The summed E-state index contributed by atoms with van der Waals surface area (Å²) in [6.45, 7) is 0. The number of Topliss-reactive ketones (excluding diaryl/α,β-unsaturated/α-hetero) is 1. The molecule has 0 heterocycles. The maximum atomic E-state index is 13.5. The molecule has 172 valence electrons. The van der Waals surface area contributed by atoms with Crippen LogP contribution in [0, 0.1) is 5.92 Å². The fourth-order valence-electron chi connectivity index (χ4n) is 3.78. The Kier molecular flexibility index (Phi) is 9.94. The van der Waals surface area contributed by atoms with Gasteiger partial charge in [-0.25, -0.2) is 0 Å². The summed E-state index contributed by atoms with van der Waals surface area (Å²) in [5.41, 5.74) is 2.60. The van der Waals surface area contributed by atoms with E-state index in [-0.39, 0.29) is 52.3 Å². The molecule has 0 bridgehead atoms. The molecule has 0 aliphatic heterocycles. The second-order valence-electron chi connectivity index (χ2n) is 8.03. The van der Waals surface area contributed by atoms with Crippen LogP contribution in [0.2, 0.25) is 5.02 Å². The van der Waals surface area contributed by atoms with Crippen molar-refractivity contribution in [3.8, 4) is 5.75 Å². The van der Waals surface area contributed by atoms with Gasteiger partial charge in [-0.05, 0) is 72.5 Å². The Balaban J connectivity index is 0.00000342. The first-order valence-corrected chi connectivity index (χ1v) is 12.8. The van der Waals surface area contributed by atoms with Crippen LogP contribution in [-0.4, -0.2) is 5.78 Å². The van der Waals surface area contributed by atoms with E-state index in [4.69, 9.17) is 16.1 Å². The summed E-state index contributed by atoms with van der Waals surface area (Å²) < 4.78 is 17.7. The van der Waals surface area contributed by atoms with Crippen LogP contribution >= 0.6 is 19.2 Å². The van der Waals surface area contributed by atoms with Crippen LogP contribution in [0.3, 0.4) is 0 Å². The van der Waals surface area contributed by atoms with Gasteiger partial charge in [-0.1, -0.05) is 72.3 Å². The number of halogens is 1. The Morgan fingerprint density at radius 2 is 1.29 bits per heavy atom. The fraction of sp³-hybridized carbons (Fsp3) is 0.107. The van der Waals surface area contributed by atoms with Crippen LogP contribution in [0.25, 0.3) is 0 Å². The molecular weight excluding hydrogens is 490 g/mol. The molecule has 2 unspecified atom stereocenters. The Morgan fingerprint density at radius 1 is 0.771 bits per heavy atom. The van der Waals surface area contributed by atoms with Crippen molar-refractivity contribution in [1.82, 2.24) is 0 Å². The molecule has 0 spiro atoms. The third kappa shape index (κ3) is 7.65. The maximum absolute atomic E-state index is 13.5. The number of benzene rings is 4. The molecule has 0 aromatic heterocycles. The van der Waals surface area contributed by atoms with Gasteiger partial charge in [0.05, 0.1) is 0 Å². The van der Waals surface area contributed by atoms with E-state index in [1.165, 1.54) is 24.3 Å². The van der Waals surface area contributed by atoms with Crippen molar-refractivity contribution in [2.45, 2.75) is 12.8 Å². The molecule has 0 saturated carbocycles. The summed E-state index contributed by atoms with van der Waals surface area (Å²) >= 11 is 6.02. The van der Waals surface area contributed by atoms with Crippen molar-refractivity contribution in [3.63, 3.8) is 0 Å². The second kappa shape index (κ2) is 12.7. The van der Waals surface area contributed by atoms with Crippen molar-refractivity contribution in [3.05, 3.63) is 131 Å². The van der Waals surface area contributed by atoms with Gasteiger partial charge in [0.2, 0.25) is 7.60 Å². The van der Waals surface area contributed by atoms with Gasteiger partial charge in [-0.3, -0.25) is 9.36 Å². The van der Waals surface area contributed by atoms with Gasteiger partial charge in [0.25, 0.3) is 0 Å². The zero-order chi connectivity index (χ0) is 24.0. The van der Waals surface area contributed by atoms with Crippen LogP contribution in [0.4, 0.5) is 0 Å². The molecule has 4 aromatic rings. The van der Waals surface area contributed by atoms with Crippen molar-refractivity contribution >= 4 is 30.3 Å². The fourth-order valence-corrected chi connectivity index (χ4v) is 4.95. The van der Waals surface area contributed by atoms with Crippen LogP contribution < -0.4 is 44.3 Å². The third-order valence-electron chi connectivity index (χ3n) is 5.53. The SMILES string of the molecule is O=C(c1ccc(OP(=O)([O-])c2ccccc2)cc1)C(Cc1ccccc1)Cc1ccc(Cl)cc1.[Na+]. The molecule has 4 aromatic carbocycles. The zero-order valence-electron chi connectivity index (χ0n) is 19.3. The third-order valence-corrected chi connectivity index (χ3v) is 7.16. The average molecular weight is 513 g/mol. The van der Waals surface area contributed by atoms with Gasteiger partial charge in [0.15, 0.2) is 5.78 Å². The number of hydrogen-bond acceptors (Lipinski definition) is 4. The van der Waals surface area contributed by atoms with E-state index in [0.29, 0.717) is 23.4 Å². The Labute approximate surface area is 232 Å². The van der Waals surface area contributed by atoms with E-state index in [1.54, 1.807) is 30.3 Å². The molecular formula is C28H23ClNaO4P. The molecule has 0 N–H and O–H groups in total. The minimum atomic E-state index is -4.27. The molecule has 35 heavy (non-hydrogen) atoms. The standard InChI is InChI=1S/C28H24ClO4P.Na/c29-25-15-11-22(12-16-25)20-24(19-21-7-3-1-4-8-21)28(30)23-13-17-26(18-14-23)33-34(31,32)27-9-5-2-6-10-27;/h1-18,24H,19-20H2,(H,31,32);/q;+1/p-1. The van der Waals surface area contributed by atoms with Crippen molar-refractivity contribution < 1.29 is 48.3 Å². The van der Waals surface area contributed by atoms with Crippen molar-refractivity contribution in [2.24, 2.45) is 5.92 Å². The monoisotopic (exact) mass is 512 g/mol. The first kappa shape index (κ1) is 27.4. The summed E-state index contributed by atoms with van der Waals surface area (Å²) in [5, 5.41) is 0.748.